The van der Waals surface area contributed by atoms with Crippen molar-refractivity contribution >= 4 is 23.6 Å². The van der Waals surface area contributed by atoms with Gasteiger partial charge in [0, 0.05) is 6.54 Å². The molecule has 0 spiro atoms. The van der Waals surface area contributed by atoms with Gasteiger partial charge in [-0.2, -0.15) is 5.26 Å². The van der Waals surface area contributed by atoms with Crippen molar-refractivity contribution in [2.24, 2.45) is 0 Å². The molecular weight excluding hydrogens is 240 g/mol. The molecule has 0 aromatic carbocycles. The third kappa shape index (κ3) is 7.41. The zero-order chi connectivity index (χ0) is 13.1. The predicted octanol–water partition coefficient (Wildman–Crippen LogP) is 0.821. The van der Waals surface area contributed by atoms with Crippen molar-refractivity contribution in [1.29, 1.82) is 5.26 Å². The molecule has 0 aliphatic heterocycles. The number of hydrogen-bond acceptors (Lipinski definition) is 5. The summed E-state index contributed by atoms with van der Waals surface area (Å²) in [7, 11) is 0. The first-order valence-corrected chi connectivity index (χ1v) is 6.30. The van der Waals surface area contributed by atoms with Gasteiger partial charge in [0.05, 0.1) is 24.2 Å². The molecule has 0 heterocycles. The number of amides is 1. The maximum absolute atomic E-state index is 11.7. The zero-order valence-electron chi connectivity index (χ0n) is 9.85. The molecule has 5 nitrogen and oxygen atoms in total. The standard InChI is InChI=1S/C11H16N2O3S/c1-3-6-13(8-11(15)16-4-2)10(14)9-17-7-5-12/h3H,1,4,6-9H2,2H3. The molecule has 0 aromatic heterocycles. The van der Waals surface area contributed by atoms with Crippen molar-refractivity contribution in [2.45, 2.75) is 6.92 Å². The van der Waals surface area contributed by atoms with Crippen LogP contribution in [0.1, 0.15) is 6.92 Å². The molecule has 0 fully saturated rings. The van der Waals surface area contributed by atoms with Crippen LogP contribution in [-0.2, 0) is 14.3 Å². The van der Waals surface area contributed by atoms with Crippen LogP contribution in [0.4, 0.5) is 0 Å². The topological polar surface area (TPSA) is 70.4 Å². The summed E-state index contributed by atoms with van der Waals surface area (Å²) in [4.78, 5) is 24.3. The fourth-order valence-electron chi connectivity index (χ4n) is 1.05. The Balaban J connectivity index is 4.20. The van der Waals surface area contributed by atoms with E-state index in [9.17, 15) is 9.59 Å². The summed E-state index contributed by atoms with van der Waals surface area (Å²) in [5.74, 6) is -0.195. The quantitative estimate of drug-likeness (QED) is 0.365. The Kier molecular flexibility index (Phi) is 8.88. The molecule has 94 valence electrons. The van der Waals surface area contributed by atoms with E-state index < -0.39 is 5.97 Å². The van der Waals surface area contributed by atoms with Crippen molar-refractivity contribution in [2.75, 3.05) is 31.2 Å². The SMILES string of the molecule is C=CCN(CC(=O)OCC)C(=O)CSCC#N. The van der Waals surface area contributed by atoms with E-state index >= 15 is 0 Å². The van der Waals surface area contributed by atoms with E-state index in [-0.39, 0.29) is 30.6 Å². The van der Waals surface area contributed by atoms with Crippen molar-refractivity contribution in [3.63, 3.8) is 0 Å². The second-order valence-corrected chi connectivity index (χ2v) is 4.00. The Hall–Kier alpha value is -1.48. The summed E-state index contributed by atoms with van der Waals surface area (Å²) in [5, 5.41) is 8.35. The minimum atomic E-state index is -0.437. The maximum atomic E-state index is 11.7. The molecule has 0 unspecified atom stereocenters. The molecule has 0 saturated carbocycles. The third-order valence-corrected chi connectivity index (χ3v) is 2.50. The predicted molar refractivity (Wildman–Crippen MR) is 66.3 cm³/mol. The lowest BCUT2D eigenvalue weighted by Crippen LogP contribution is -2.37. The number of ether oxygens (including phenoxy) is 1. The highest BCUT2D eigenvalue weighted by molar-refractivity contribution is 8.00. The molecular formula is C11H16N2O3S. The van der Waals surface area contributed by atoms with Gasteiger partial charge in [-0.25, -0.2) is 0 Å². The van der Waals surface area contributed by atoms with Crippen LogP contribution in [-0.4, -0.2) is 48.0 Å². The monoisotopic (exact) mass is 256 g/mol. The Bertz CT molecular complexity index is 312. The highest BCUT2D eigenvalue weighted by atomic mass is 32.2. The summed E-state index contributed by atoms with van der Waals surface area (Å²) in [6.07, 6.45) is 1.55. The van der Waals surface area contributed by atoms with Gasteiger partial charge in [-0.15, -0.1) is 18.3 Å². The first kappa shape index (κ1) is 15.5. The smallest absolute Gasteiger partial charge is 0.325 e. The van der Waals surface area contributed by atoms with Crippen LogP contribution < -0.4 is 0 Å². The van der Waals surface area contributed by atoms with E-state index in [0.29, 0.717) is 6.54 Å². The summed E-state index contributed by atoms with van der Waals surface area (Å²) in [6.45, 7) is 5.74. The van der Waals surface area contributed by atoms with Crippen LogP contribution in [0.5, 0.6) is 0 Å². The van der Waals surface area contributed by atoms with Gasteiger partial charge < -0.3 is 9.64 Å². The highest BCUT2D eigenvalue weighted by Crippen LogP contribution is 2.02. The molecule has 0 N–H and O–H groups in total. The van der Waals surface area contributed by atoms with E-state index in [1.165, 1.54) is 16.7 Å². The van der Waals surface area contributed by atoms with Gasteiger partial charge in [-0.3, -0.25) is 9.59 Å². The number of thioether (sulfide) groups is 1. The molecule has 0 saturated heterocycles. The Morgan fingerprint density at radius 3 is 2.82 bits per heavy atom. The van der Waals surface area contributed by atoms with Crippen LogP contribution >= 0.6 is 11.8 Å². The minimum absolute atomic E-state index is 0.0776. The first-order valence-electron chi connectivity index (χ1n) is 5.14. The van der Waals surface area contributed by atoms with Gasteiger partial charge in [-0.1, -0.05) is 6.08 Å². The number of carbonyl (C=O) groups is 2. The second kappa shape index (κ2) is 9.73. The summed E-state index contributed by atoms with van der Waals surface area (Å²) in [5.41, 5.74) is 0. The summed E-state index contributed by atoms with van der Waals surface area (Å²) in [6, 6.07) is 1.94. The second-order valence-electron chi connectivity index (χ2n) is 3.02. The number of rotatable bonds is 8. The van der Waals surface area contributed by atoms with Gasteiger partial charge in [0.1, 0.15) is 6.54 Å². The molecule has 1 amide bonds. The molecule has 0 aliphatic carbocycles. The highest BCUT2D eigenvalue weighted by Gasteiger charge is 2.16. The van der Waals surface area contributed by atoms with Crippen molar-refractivity contribution < 1.29 is 14.3 Å². The fourth-order valence-corrected chi connectivity index (χ4v) is 1.60. The lowest BCUT2D eigenvalue weighted by Gasteiger charge is -2.19. The molecule has 0 rings (SSSR count). The van der Waals surface area contributed by atoms with Crippen molar-refractivity contribution in [3.8, 4) is 6.07 Å². The van der Waals surface area contributed by atoms with Crippen molar-refractivity contribution in [3.05, 3.63) is 12.7 Å². The third-order valence-electron chi connectivity index (χ3n) is 1.72. The van der Waals surface area contributed by atoms with Gasteiger partial charge in [-0.05, 0) is 6.92 Å². The number of nitriles is 1. The molecule has 0 aromatic rings. The Morgan fingerprint density at radius 2 is 2.29 bits per heavy atom. The van der Waals surface area contributed by atoms with E-state index in [1.807, 2.05) is 6.07 Å². The van der Waals surface area contributed by atoms with Gasteiger partial charge in [0.15, 0.2) is 0 Å². The van der Waals surface area contributed by atoms with E-state index in [0.717, 1.165) is 0 Å². The largest absolute Gasteiger partial charge is 0.465 e. The first-order chi connectivity index (χ1) is 8.15. The maximum Gasteiger partial charge on any atom is 0.325 e. The number of esters is 1. The average molecular weight is 256 g/mol. The molecule has 0 bridgehead atoms. The lowest BCUT2D eigenvalue weighted by molar-refractivity contribution is -0.147. The fraction of sp³-hybridized carbons (Fsp3) is 0.545. The summed E-state index contributed by atoms with van der Waals surface area (Å²) >= 11 is 1.22. The normalized spacial score (nSPS) is 9.18. The number of hydrogen-bond donors (Lipinski definition) is 0. The van der Waals surface area contributed by atoms with Gasteiger partial charge in [0.2, 0.25) is 5.91 Å². The van der Waals surface area contributed by atoms with Gasteiger partial charge >= 0.3 is 5.97 Å². The van der Waals surface area contributed by atoms with E-state index in [4.69, 9.17) is 10.00 Å². The van der Waals surface area contributed by atoms with E-state index in [2.05, 4.69) is 6.58 Å². The van der Waals surface area contributed by atoms with Crippen LogP contribution in [0.3, 0.4) is 0 Å². The zero-order valence-corrected chi connectivity index (χ0v) is 10.7. The van der Waals surface area contributed by atoms with Crippen LogP contribution in [0.15, 0.2) is 12.7 Å². The molecule has 17 heavy (non-hydrogen) atoms. The molecule has 0 aliphatic rings. The molecule has 0 radical (unpaired) electrons. The molecule has 0 atom stereocenters. The Morgan fingerprint density at radius 1 is 1.59 bits per heavy atom. The van der Waals surface area contributed by atoms with Gasteiger partial charge in [0.25, 0.3) is 0 Å². The van der Waals surface area contributed by atoms with E-state index in [1.54, 1.807) is 13.0 Å². The number of nitrogens with zero attached hydrogens (tertiary/aromatic N) is 2. The molecule has 6 heteroatoms. The summed E-state index contributed by atoms with van der Waals surface area (Å²) < 4.78 is 4.77. The number of carbonyl (C=O) groups excluding carboxylic acids is 2. The lowest BCUT2D eigenvalue weighted by atomic mass is 10.4. The Labute approximate surface area is 105 Å². The van der Waals surface area contributed by atoms with Crippen molar-refractivity contribution in [1.82, 2.24) is 4.90 Å². The average Bonchev–Trinajstić information content (AvgIpc) is 2.29. The minimum Gasteiger partial charge on any atom is -0.465 e. The van der Waals surface area contributed by atoms with Crippen LogP contribution in [0, 0.1) is 11.3 Å². The van der Waals surface area contributed by atoms with Crippen LogP contribution in [0.25, 0.3) is 0 Å². The van der Waals surface area contributed by atoms with Crippen LogP contribution in [0.2, 0.25) is 0 Å².